The molecule has 1 heterocycles. The highest BCUT2D eigenvalue weighted by atomic mass is 32.1. The van der Waals surface area contributed by atoms with E-state index >= 15 is 0 Å². The first kappa shape index (κ1) is 16.2. The van der Waals surface area contributed by atoms with E-state index in [4.69, 9.17) is 0 Å². The summed E-state index contributed by atoms with van der Waals surface area (Å²) in [5.74, 6) is -0.366. The van der Waals surface area contributed by atoms with E-state index < -0.39 is 0 Å². The number of rotatable bonds is 6. The van der Waals surface area contributed by atoms with Crippen molar-refractivity contribution in [3.63, 3.8) is 0 Å². The number of hydrogen-bond donors (Lipinski definition) is 0. The van der Waals surface area contributed by atoms with Crippen LogP contribution in [0, 0.1) is 0 Å². The third kappa shape index (κ3) is 4.39. The third-order valence-electron chi connectivity index (χ3n) is 3.16. The number of para-hydroxylation sites is 1. The molecule has 2 rings (SSSR count). The number of ether oxygens (including phenoxy) is 1. The van der Waals surface area contributed by atoms with Crippen molar-refractivity contribution in [2.24, 2.45) is 0 Å². The number of carbonyl (C=O) groups is 2. The van der Waals surface area contributed by atoms with Gasteiger partial charge in [0.2, 0.25) is 5.91 Å². The SMILES string of the molecule is COC(=O)CCCN(C)C(=O)/C=C/c1nc2ccccc2s1. The number of benzene rings is 1. The van der Waals surface area contributed by atoms with Gasteiger partial charge in [-0.05, 0) is 24.6 Å². The van der Waals surface area contributed by atoms with Crippen molar-refractivity contribution in [3.8, 4) is 0 Å². The molecule has 0 N–H and O–H groups in total. The third-order valence-corrected chi connectivity index (χ3v) is 4.16. The average molecular weight is 318 g/mol. The molecule has 1 amide bonds. The lowest BCUT2D eigenvalue weighted by atomic mass is 10.3. The van der Waals surface area contributed by atoms with Gasteiger partial charge >= 0.3 is 5.97 Å². The standard InChI is InChI=1S/C16H18N2O3S/c1-18(11-5-8-16(20)21-2)15(19)10-9-14-17-12-6-3-4-7-13(12)22-14/h3-4,6-7,9-10H,5,8,11H2,1-2H3/b10-9+. The Kier molecular flexibility index (Phi) is 5.66. The average Bonchev–Trinajstić information content (AvgIpc) is 2.95. The molecule has 0 unspecified atom stereocenters. The van der Waals surface area contributed by atoms with Crippen molar-refractivity contribution < 1.29 is 14.3 Å². The first-order chi connectivity index (χ1) is 10.6. The van der Waals surface area contributed by atoms with Gasteiger partial charge in [-0.15, -0.1) is 11.3 Å². The molecule has 0 spiro atoms. The second kappa shape index (κ2) is 7.70. The molecule has 0 aliphatic heterocycles. The number of likely N-dealkylation sites (N-methyl/N-ethyl adjacent to an activating group) is 1. The molecule has 5 nitrogen and oxygen atoms in total. The minimum atomic E-state index is -0.258. The molecule has 6 heteroatoms. The summed E-state index contributed by atoms with van der Waals surface area (Å²) in [5, 5.41) is 0.803. The summed E-state index contributed by atoms with van der Waals surface area (Å²) >= 11 is 1.55. The zero-order valence-corrected chi connectivity index (χ0v) is 13.4. The summed E-state index contributed by atoms with van der Waals surface area (Å²) in [6.07, 6.45) is 4.14. The Morgan fingerprint density at radius 3 is 2.86 bits per heavy atom. The van der Waals surface area contributed by atoms with E-state index in [0.717, 1.165) is 15.2 Å². The molecule has 0 bridgehead atoms. The molecule has 0 saturated heterocycles. The lowest BCUT2D eigenvalue weighted by Gasteiger charge is -2.14. The van der Waals surface area contributed by atoms with E-state index in [9.17, 15) is 9.59 Å². The van der Waals surface area contributed by atoms with Crippen LogP contribution in [0.5, 0.6) is 0 Å². The maximum atomic E-state index is 12.0. The zero-order chi connectivity index (χ0) is 15.9. The normalized spacial score (nSPS) is 11.0. The van der Waals surface area contributed by atoms with Gasteiger partial charge in [-0.25, -0.2) is 4.98 Å². The highest BCUT2D eigenvalue weighted by molar-refractivity contribution is 7.19. The van der Waals surface area contributed by atoms with Crippen LogP contribution in [0.25, 0.3) is 16.3 Å². The van der Waals surface area contributed by atoms with E-state index in [1.54, 1.807) is 29.4 Å². The van der Waals surface area contributed by atoms with Crippen LogP contribution in [0.15, 0.2) is 30.3 Å². The number of methoxy groups -OCH3 is 1. The minimum Gasteiger partial charge on any atom is -0.469 e. The van der Waals surface area contributed by atoms with Crippen LogP contribution in [0.2, 0.25) is 0 Å². The molecular formula is C16H18N2O3S. The molecule has 1 aromatic carbocycles. The fraction of sp³-hybridized carbons (Fsp3) is 0.312. The van der Waals surface area contributed by atoms with Crippen molar-refractivity contribution >= 4 is 39.5 Å². The first-order valence-electron chi connectivity index (χ1n) is 6.95. The van der Waals surface area contributed by atoms with Crippen LogP contribution < -0.4 is 0 Å². The van der Waals surface area contributed by atoms with E-state index in [1.165, 1.54) is 13.2 Å². The van der Waals surface area contributed by atoms with Gasteiger partial charge in [0.25, 0.3) is 0 Å². The summed E-state index contributed by atoms with van der Waals surface area (Å²) in [4.78, 5) is 29.0. The monoisotopic (exact) mass is 318 g/mol. The summed E-state index contributed by atoms with van der Waals surface area (Å²) in [6.45, 7) is 0.512. The molecule has 0 fully saturated rings. The van der Waals surface area contributed by atoms with Crippen molar-refractivity contribution in [3.05, 3.63) is 35.3 Å². The van der Waals surface area contributed by atoms with Crippen LogP contribution >= 0.6 is 11.3 Å². The van der Waals surface area contributed by atoms with Gasteiger partial charge in [0, 0.05) is 26.1 Å². The second-order valence-corrected chi connectivity index (χ2v) is 5.85. The lowest BCUT2D eigenvalue weighted by Crippen LogP contribution is -2.26. The topological polar surface area (TPSA) is 59.5 Å². The van der Waals surface area contributed by atoms with Crippen molar-refractivity contribution in [2.75, 3.05) is 20.7 Å². The summed E-state index contributed by atoms with van der Waals surface area (Å²) < 4.78 is 5.66. The van der Waals surface area contributed by atoms with E-state index in [0.29, 0.717) is 19.4 Å². The number of hydrogen-bond acceptors (Lipinski definition) is 5. The maximum absolute atomic E-state index is 12.0. The summed E-state index contributed by atoms with van der Waals surface area (Å²) in [6, 6.07) is 7.86. The van der Waals surface area contributed by atoms with Crippen LogP contribution in [0.4, 0.5) is 0 Å². The second-order valence-electron chi connectivity index (χ2n) is 4.79. The Morgan fingerprint density at radius 2 is 2.14 bits per heavy atom. The lowest BCUT2D eigenvalue weighted by molar-refractivity contribution is -0.141. The van der Waals surface area contributed by atoms with Crippen LogP contribution in [0.1, 0.15) is 17.8 Å². The Morgan fingerprint density at radius 1 is 1.36 bits per heavy atom. The number of esters is 1. The highest BCUT2D eigenvalue weighted by Gasteiger charge is 2.07. The van der Waals surface area contributed by atoms with Crippen LogP contribution in [-0.4, -0.2) is 42.5 Å². The van der Waals surface area contributed by atoms with Gasteiger partial charge in [0.15, 0.2) is 0 Å². The molecule has 0 radical (unpaired) electrons. The number of thiazole rings is 1. The van der Waals surface area contributed by atoms with Crippen molar-refractivity contribution in [1.29, 1.82) is 0 Å². The van der Waals surface area contributed by atoms with Gasteiger partial charge in [0.05, 0.1) is 17.3 Å². The van der Waals surface area contributed by atoms with Crippen LogP contribution in [0.3, 0.4) is 0 Å². The predicted octanol–water partition coefficient (Wildman–Crippen LogP) is 2.72. The smallest absolute Gasteiger partial charge is 0.305 e. The van der Waals surface area contributed by atoms with Gasteiger partial charge in [0.1, 0.15) is 5.01 Å². The molecule has 2 aromatic rings. The molecule has 0 aliphatic rings. The number of aromatic nitrogens is 1. The van der Waals surface area contributed by atoms with Gasteiger partial charge in [-0.3, -0.25) is 9.59 Å². The Hall–Kier alpha value is -2.21. The molecule has 116 valence electrons. The van der Waals surface area contributed by atoms with Crippen LogP contribution in [-0.2, 0) is 14.3 Å². The van der Waals surface area contributed by atoms with Gasteiger partial charge in [-0.2, -0.15) is 0 Å². The first-order valence-corrected chi connectivity index (χ1v) is 7.77. The Labute approximate surface area is 133 Å². The zero-order valence-electron chi connectivity index (χ0n) is 12.6. The van der Waals surface area contributed by atoms with E-state index in [2.05, 4.69) is 9.72 Å². The number of carbonyl (C=O) groups excluding carboxylic acids is 2. The molecule has 0 saturated carbocycles. The maximum Gasteiger partial charge on any atom is 0.305 e. The number of amides is 1. The molecule has 0 atom stereocenters. The Bertz CT molecular complexity index is 661. The fourth-order valence-electron chi connectivity index (χ4n) is 1.90. The highest BCUT2D eigenvalue weighted by Crippen LogP contribution is 2.22. The van der Waals surface area contributed by atoms with E-state index in [-0.39, 0.29) is 11.9 Å². The summed E-state index contributed by atoms with van der Waals surface area (Å²) in [5.41, 5.74) is 0.936. The molecule has 22 heavy (non-hydrogen) atoms. The molecule has 0 aliphatic carbocycles. The minimum absolute atomic E-state index is 0.107. The largest absolute Gasteiger partial charge is 0.469 e. The Balaban J connectivity index is 1.88. The van der Waals surface area contributed by atoms with Gasteiger partial charge in [-0.1, -0.05) is 12.1 Å². The number of nitrogens with zero attached hydrogens (tertiary/aromatic N) is 2. The number of fused-ring (bicyclic) bond motifs is 1. The summed E-state index contributed by atoms with van der Waals surface area (Å²) in [7, 11) is 3.07. The van der Waals surface area contributed by atoms with Crippen molar-refractivity contribution in [2.45, 2.75) is 12.8 Å². The van der Waals surface area contributed by atoms with Gasteiger partial charge < -0.3 is 9.64 Å². The molecule has 1 aromatic heterocycles. The fourth-order valence-corrected chi connectivity index (χ4v) is 2.77. The van der Waals surface area contributed by atoms with Crippen molar-refractivity contribution in [1.82, 2.24) is 9.88 Å². The van der Waals surface area contributed by atoms with E-state index in [1.807, 2.05) is 24.3 Å². The predicted molar refractivity (Wildman–Crippen MR) is 87.5 cm³/mol. The molecular weight excluding hydrogens is 300 g/mol. The quantitative estimate of drug-likeness (QED) is 0.607.